The average Bonchev–Trinajstić information content (AvgIpc) is 1.99. The van der Waals surface area contributed by atoms with E-state index in [4.69, 9.17) is 5.73 Å². The smallest absolute Gasteiger partial charge is 0.333 e. The van der Waals surface area contributed by atoms with Crippen LogP contribution in [0.25, 0.3) is 0 Å². The maximum absolute atomic E-state index is 11.5. The molecular formula is C8H15N3O2. The molecule has 13 heavy (non-hydrogen) atoms. The number of hydrazine groups is 1. The Morgan fingerprint density at radius 3 is 2.31 bits per heavy atom. The minimum Gasteiger partial charge on any atom is -0.350 e. The van der Waals surface area contributed by atoms with Crippen molar-refractivity contribution >= 4 is 11.9 Å². The molecule has 0 atom stereocenters. The van der Waals surface area contributed by atoms with Crippen molar-refractivity contribution in [3.8, 4) is 0 Å². The third kappa shape index (κ3) is 1.91. The van der Waals surface area contributed by atoms with Gasteiger partial charge in [0.15, 0.2) is 0 Å². The molecule has 0 heterocycles. The van der Waals surface area contributed by atoms with E-state index in [0.29, 0.717) is 0 Å². The van der Waals surface area contributed by atoms with Gasteiger partial charge in [0.1, 0.15) is 0 Å². The molecule has 1 aliphatic carbocycles. The van der Waals surface area contributed by atoms with Crippen molar-refractivity contribution in [3.05, 3.63) is 0 Å². The molecule has 3 N–H and O–H groups in total. The number of carbonyl (C=O) groups is 2. The monoisotopic (exact) mass is 185 g/mol. The van der Waals surface area contributed by atoms with Gasteiger partial charge in [-0.05, 0) is 12.8 Å². The predicted octanol–water partition coefficient (Wildman–Crippen LogP) is 0.218. The first-order valence-corrected chi connectivity index (χ1v) is 4.30. The molecular weight excluding hydrogens is 170 g/mol. The van der Waals surface area contributed by atoms with Gasteiger partial charge in [-0.15, -0.1) is 0 Å². The van der Waals surface area contributed by atoms with E-state index in [1.165, 1.54) is 7.05 Å². The normalized spacial score (nSPS) is 18.6. The Labute approximate surface area is 77.2 Å². The Bertz CT molecular complexity index is 236. The van der Waals surface area contributed by atoms with E-state index in [-0.39, 0.29) is 11.3 Å². The van der Waals surface area contributed by atoms with E-state index in [1.807, 2.05) is 6.92 Å². The summed E-state index contributed by atoms with van der Waals surface area (Å²) < 4.78 is 0. The summed E-state index contributed by atoms with van der Waals surface area (Å²) in [5, 5.41) is 1.01. The molecule has 0 aromatic rings. The highest BCUT2D eigenvalue weighted by atomic mass is 16.2. The lowest BCUT2D eigenvalue weighted by atomic mass is 9.70. The second kappa shape index (κ2) is 3.24. The lowest BCUT2D eigenvalue weighted by Crippen LogP contribution is -2.52. The van der Waals surface area contributed by atoms with Gasteiger partial charge in [0.2, 0.25) is 5.91 Å². The van der Waals surface area contributed by atoms with Crippen molar-refractivity contribution in [1.82, 2.24) is 10.4 Å². The minimum absolute atomic E-state index is 0.125. The van der Waals surface area contributed by atoms with Gasteiger partial charge < -0.3 is 5.73 Å². The molecule has 0 aromatic carbocycles. The molecule has 0 bridgehead atoms. The zero-order chi connectivity index (χ0) is 10.1. The Morgan fingerprint density at radius 2 is 2.00 bits per heavy atom. The number of urea groups is 1. The largest absolute Gasteiger partial charge is 0.350 e. The van der Waals surface area contributed by atoms with E-state index in [0.717, 1.165) is 24.3 Å². The van der Waals surface area contributed by atoms with Gasteiger partial charge in [-0.25, -0.2) is 9.80 Å². The predicted molar refractivity (Wildman–Crippen MR) is 47.4 cm³/mol. The minimum atomic E-state index is -0.656. The summed E-state index contributed by atoms with van der Waals surface area (Å²) in [7, 11) is 1.43. The van der Waals surface area contributed by atoms with Crippen LogP contribution in [0.1, 0.15) is 26.2 Å². The molecule has 74 valence electrons. The van der Waals surface area contributed by atoms with Crippen LogP contribution in [0.3, 0.4) is 0 Å². The fourth-order valence-corrected chi connectivity index (χ4v) is 1.28. The van der Waals surface area contributed by atoms with Crippen LogP contribution in [0.5, 0.6) is 0 Å². The molecule has 0 unspecified atom stereocenters. The van der Waals surface area contributed by atoms with Crippen LogP contribution < -0.4 is 11.2 Å². The molecule has 0 saturated heterocycles. The van der Waals surface area contributed by atoms with Gasteiger partial charge in [0.05, 0.1) is 0 Å². The zero-order valence-electron chi connectivity index (χ0n) is 7.96. The SMILES string of the molecule is CN(NC(=O)C1(C)CCC1)C(N)=O. The molecule has 0 radical (unpaired) electrons. The summed E-state index contributed by atoms with van der Waals surface area (Å²) in [6, 6.07) is -0.656. The number of nitrogens with zero attached hydrogens (tertiary/aromatic N) is 1. The Hall–Kier alpha value is -1.26. The molecule has 0 spiro atoms. The molecule has 1 aliphatic rings. The quantitative estimate of drug-likeness (QED) is 0.573. The van der Waals surface area contributed by atoms with Crippen molar-refractivity contribution in [2.75, 3.05) is 7.05 Å². The molecule has 5 heteroatoms. The third-order valence-electron chi connectivity index (χ3n) is 2.61. The van der Waals surface area contributed by atoms with Gasteiger partial charge in [0.25, 0.3) is 0 Å². The maximum atomic E-state index is 11.5. The second-order valence-electron chi connectivity index (χ2n) is 3.75. The Kier molecular flexibility index (Phi) is 2.45. The fraction of sp³-hybridized carbons (Fsp3) is 0.750. The van der Waals surface area contributed by atoms with E-state index in [9.17, 15) is 9.59 Å². The van der Waals surface area contributed by atoms with Crippen LogP contribution in [-0.2, 0) is 4.79 Å². The number of hydrogen-bond donors (Lipinski definition) is 2. The number of nitrogens with one attached hydrogen (secondary N) is 1. The number of nitrogens with two attached hydrogens (primary N) is 1. The van der Waals surface area contributed by atoms with Crippen molar-refractivity contribution in [2.24, 2.45) is 11.1 Å². The lowest BCUT2D eigenvalue weighted by Gasteiger charge is -2.37. The highest BCUT2D eigenvalue weighted by Crippen LogP contribution is 2.40. The maximum Gasteiger partial charge on any atom is 0.333 e. The molecule has 0 aromatic heterocycles. The van der Waals surface area contributed by atoms with Crippen LogP contribution in [0.2, 0.25) is 0 Å². The first-order chi connectivity index (χ1) is 5.96. The summed E-state index contributed by atoms with van der Waals surface area (Å²) in [6.45, 7) is 1.89. The van der Waals surface area contributed by atoms with Crippen molar-refractivity contribution < 1.29 is 9.59 Å². The number of hydrogen-bond acceptors (Lipinski definition) is 2. The summed E-state index contributed by atoms with van der Waals surface area (Å²) in [4.78, 5) is 22.1. The van der Waals surface area contributed by atoms with E-state index in [1.54, 1.807) is 0 Å². The molecule has 1 rings (SSSR count). The number of primary amides is 1. The van der Waals surface area contributed by atoms with Gasteiger partial charge in [-0.3, -0.25) is 10.2 Å². The van der Waals surface area contributed by atoms with Gasteiger partial charge in [-0.1, -0.05) is 13.3 Å². The molecule has 3 amide bonds. The van der Waals surface area contributed by atoms with Crippen LogP contribution in [0.15, 0.2) is 0 Å². The first-order valence-electron chi connectivity index (χ1n) is 4.30. The molecule has 1 fully saturated rings. The zero-order valence-corrected chi connectivity index (χ0v) is 7.96. The molecule has 5 nitrogen and oxygen atoms in total. The van der Waals surface area contributed by atoms with Crippen LogP contribution >= 0.6 is 0 Å². The molecule has 0 aliphatic heterocycles. The number of carbonyl (C=O) groups excluding carboxylic acids is 2. The van der Waals surface area contributed by atoms with Crippen molar-refractivity contribution in [1.29, 1.82) is 0 Å². The summed E-state index contributed by atoms with van der Waals surface area (Å²) >= 11 is 0. The topological polar surface area (TPSA) is 75.4 Å². The third-order valence-corrected chi connectivity index (χ3v) is 2.61. The van der Waals surface area contributed by atoms with E-state index >= 15 is 0 Å². The summed E-state index contributed by atoms with van der Waals surface area (Å²) in [5.74, 6) is -0.125. The second-order valence-corrected chi connectivity index (χ2v) is 3.75. The highest BCUT2D eigenvalue weighted by molar-refractivity contribution is 5.85. The van der Waals surface area contributed by atoms with E-state index in [2.05, 4.69) is 5.43 Å². The van der Waals surface area contributed by atoms with Crippen molar-refractivity contribution in [2.45, 2.75) is 26.2 Å². The van der Waals surface area contributed by atoms with Gasteiger partial charge >= 0.3 is 6.03 Å². The highest BCUT2D eigenvalue weighted by Gasteiger charge is 2.39. The Balaban J connectivity index is 2.45. The number of amides is 3. The summed E-state index contributed by atoms with van der Waals surface area (Å²) in [5.41, 5.74) is 7.10. The lowest BCUT2D eigenvalue weighted by molar-refractivity contribution is -0.138. The van der Waals surface area contributed by atoms with Crippen LogP contribution in [-0.4, -0.2) is 24.0 Å². The molecule has 1 saturated carbocycles. The summed E-state index contributed by atoms with van der Waals surface area (Å²) in [6.07, 6.45) is 2.83. The average molecular weight is 185 g/mol. The fourth-order valence-electron chi connectivity index (χ4n) is 1.28. The first kappa shape index (κ1) is 9.83. The van der Waals surface area contributed by atoms with Gasteiger partial charge in [0, 0.05) is 12.5 Å². The standard InChI is InChI=1S/C8H15N3O2/c1-8(4-3-5-8)6(12)10-11(2)7(9)13/h3-5H2,1-2H3,(H2,9,13)(H,10,12). The Morgan fingerprint density at radius 1 is 1.46 bits per heavy atom. The van der Waals surface area contributed by atoms with Crippen LogP contribution in [0.4, 0.5) is 4.79 Å². The number of rotatable bonds is 1. The van der Waals surface area contributed by atoms with E-state index < -0.39 is 6.03 Å². The van der Waals surface area contributed by atoms with Gasteiger partial charge in [-0.2, -0.15) is 0 Å². The van der Waals surface area contributed by atoms with Crippen LogP contribution in [0, 0.1) is 5.41 Å². The van der Waals surface area contributed by atoms with Crippen molar-refractivity contribution in [3.63, 3.8) is 0 Å².